The summed E-state index contributed by atoms with van der Waals surface area (Å²) in [6.45, 7) is 22.2. The average Bonchev–Trinajstić information content (AvgIpc) is 2.84. The molecule has 0 bridgehead atoms. The Balaban J connectivity index is -0.000000671. The summed E-state index contributed by atoms with van der Waals surface area (Å²) in [7, 11) is 0. The molecule has 0 rings (SSSR count). The molecule has 0 aromatic rings. The Labute approximate surface area is 224 Å². The molecular weight excluding hydrogens is 508 g/mol. The third kappa shape index (κ3) is 20.0. The summed E-state index contributed by atoms with van der Waals surface area (Å²) in [5.41, 5.74) is -0.501. The zero-order valence-corrected chi connectivity index (χ0v) is 23.4. The smallest absolute Gasteiger partial charge is 0.333 e. The predicted molar refractivity (Wildman–Crippen MR) is 140 cm³/mol. The van der Waals surface area contributed by atoms with Gasteiger partial charge in [-0.25, -0.2) is 14.4 Å². The van der Waals surface area contributed by atoms with Gasteiger partial charge in [0.05, 0.1) is 25.2 Å². The second kappa shape index (κ2) is 19.3. The molecule has 0 saturated heterocycles. The number of aliphatic hydroxyl groups excluding tert-OH is 3. The minimum atomic E-state index is -0.901. The molecule has 0 spiro atoms. The molecule has 0 radical (unpaired) electrons. The van der Waals surface area contributed by atoms with Crippen molar-refractivity contribution >= 4 is 34.8 Å². The highest BCUT2D eigenvalue weighted by atomic mass is 35.5. The molecule has 0 aliphatic carbocycles. The van der Waals surface area contributed by atoms with E-state index in [-0.39, 0.29) is 56.4 Å². The van der Waals surface area contributed by atoms with Gasteiger partial charge in [0.15, 0.2) is 0 Å². The second-order valence-electron chi connectivity index (χ2n) is 9.22. The summed E-state index contributed by atoms with van der Waals surface area (Å²) in [6, 6.07) is 0. The quantitative estimate of drug-likeness (QED) is 0.135. The normalized spacial score (nSPS) is 10.3. The van der Waals surface area contributed by atoms with Gasteiger partial charge in [0.2, 0.25) is 5.24 Å². The van der Waals surface area contributed by atoms with Gasteiger partial charge in [-0.3, -0.25) is 4.79 Å². The van der Waals surface area contributed by atoms with Crippen molar-refractivity contribution in [2.24, 2.45) is 10.8 Å². The average molecular weight is 549 g/mol. The lowest BCUT2D eigenvalue weighted by molar-refractivity contribution is -0.155. The van der Waals surface area contributed by atoms with Crippen LogP contribution in [0.3, 0.4) is 0 Å². The van der Waals surface area contributed by atoms with Crippen LogP contribution in [-0.2, 0) is 33.4 Å². The molecule has 10 nitrogen and oxygen atoms in total. The maximum Gasteiger partial charge on any atom is 0.333 e. The van der Waals surface area contributed by atoms with E-state index in [1.165, 1.54) is 20.8 Å². The Kier molecular flexibility index (Phi) is 20.2. The SMILES string of the molecule is C=C(C)C(=O)Cl.C=C(C)C(=O)OCC(C)(COC(=O)C(=C)C)COC(=O)C(=C)C.CC(CO)(CO)CO. The Morgan fingerprint density at radius 2 is 0.811 bits per heavy atom. The Morgan fingerprint density at radius 3 is 0.919 bits per heavy atom. The van der Waals surface area contributed by atoms with Crippen molar-refractivity contribution in [3.8, 4) is 0 Å². The summed E-state index contributed by atoms with van der Waals surface area (Å²) in [5, 5.41) is 24.9. The molecule has 0 aliphatic rings. The van der Waals surface area contributed by atoms with E-state index in [0.717, 1.165) is 0 Å². The van der Waals surface area contributed by atoms with Crippen LogP contribution < -0.4 is 0 Å². The lowest BCUT2D eigenvalue weighted by Gasteiger charge is -2.28. The van der Waals surface area contributed by atoms with Gasteiger partial charge >= 0.3 is 17.9 Å². The molecular formula is C26H41ClO10. The highest BCUT2D eigenvalue weighted by molar-refractivity contribution is 6.67. The number of carbonyl (C=O) groups is 4. The fourth-order valence-corrected chi connectivity index (χ4v) is 1.36. The zero-order chi connectivity index (χ0) is 30.0. The van der Waals surface area contributed by atoms with Crippen molar-refractivity contribution in [1.82, 2.24) is 0 Å². The van der Waals surface area contributed by atoms with Crippen LogP contribution in [-0.4, -0.2) is 78.1 Å². The fourth-order valence-electron chi connectivity index (χ4n) is 1.36. The highest BCUT2D eigenvalue weighted by Crippen LogP contribution is 2.20. The van der Waals surface area contributed by atoms with Crippen molar-refractivity contribution in [3.63, 3.8) is 0 Å². The first-order chi connectivity index (χ1) is 16.8. The van der Waals surface area contributed by atoms with E-state index in [2.05, 4.69) is 26.3 Å². The van der Waals surface area contributed by atoms with Gasteiger partial charge in [-0.15, -0.1) is 0 Å². The molecule has 11 heteroatoms. The molecule has 0 aromatic carbocycles. The van der Waals surface area contributed by atoms with E-state index < -0.39 is 34.0 Å². The molecule has 0 fully saturated rings. The monoisotopic (exact) mass is 548 g/mol. The fraction of sp³-hybridized carbons (Fsp3) is 0.538. The number of hydrogen-bond donors (Lipinski definition) is 3. The van der Waals surface area contributed by atoms with E-state index >= 15 is 0 Å². The van der Waals surface area contributed by atoms with E-state index in [4.69, 9.17) is 41.1 Å². The molecule has 0 unspecified atom stereocenters. The van der Waals surface area contributed by atoms with E-state index in [1.54, 1.807) is 20.8 Å². The standard InChI is InChI=1S/C17H24O6.C5H12O3.C4H5ClO/c1-11(2)14(18)21-8-17(7,9-22-15(19)12(3)4)10-23-16(20)13(5)6;1-5(2-6,3-7)4-8;1-3(2)4(5)6/h1,3,5,8-10H2,2,4,6-7H3;6-8H,2-4H2,1H3;1H2,2H3. The molecule has 0 heterocycles. The van der Waals surface area contributed by atoms with Crippen molar-refractivity contribution in [2.75, 3.05) is 39.6 Å². The van der Waals surface area contributed by atoms with Crippen molar-refractivity contribution < 1.29 is 48.7 Å². The molecule has 0 aliphatic heterocycles. The second-order valence-corrected chi connectivity index (χ2v) is 9.56. The van der Waals surface area contributed by atoms with Crippen molar-refractivity contribution in [2.45, 2.75) is 41.5 Å². The lowest BCUT2D eigenvalue weighted by Crippen LogP contribution is -2.37. The van der Waals surface area contributed by atoms with Gasteiger partial charge < -0.3 is 29.5 Å². The number of ether oxygens (including phenoxy) is 3. The predicted octanol–water partition coefficient (Wildman–Crippen LogP) is 2.65. The first-order valence-corrected chi connectivity index (χ1v) is 11.3. The maximum atomic E-state index is 11.5. The summed E-state index contributed by atoms with van der Waals surface area (Å²) in [4.78, 5) is 44.4. The van der Waals surface area contributed by atoms with Crippen LogP contribution in [0.2, 0.25) is 0 Å². The number of aliphatic hydroxyl groups is 3. The summed E-state index contributed by atoms with van der Waals surface area (Å²) in [5.74, 6) is -1.73. The van der Waals surface area contributed by atoms with Gasteiger partial charge in [0, 0.05) is 27.7 Å². The van der Waals surface area contributed by atoms with Crippen LogP contribution in [0.1, 0.15) is 41.5 Å². The molecule has 37 heavy (non-hydrogen) atoms. The van der Waals surface area contributed by atoms with Crippen LogP contribution in [0.5, 0.6) is 0 Å². The molecule has 3 N–H and O–H groups in total. The topological polar surface area (TPSA) is 157 Å². The lowest BCUT2D eigenvalue weighted by atomic mass is 9.94. The van der Waals surface area contributed by atoms with E-state index in [9.17, 15) is 19.2 Å². The largest absolute Gasteiger partial charge is 0.461 e. The van der Waals surface area contributed by atoms with Crippen molar-refractivity contribution in [3.05, 3.63) is 48.6 Å². The first-order valence-electron chi connectivity index (χ1n) is 11.0. The molecule has 212 valence electrons. The third-order valence-corrected chi connectivity index (χ3v) is 4.50. The summed E-state index contributed by atoms with van der Waals surface area (Å²) >= 11 is 4.87. The third-order valence-electron chi connectivity index (χ3n) is 4.18. The number of rotatable bonds is 13. The van der Waals surface area contributed by atoms with E-state index in [0.29, 0.717) is 5.57 Å². The molecule has 0 atom stereocenters. The number of hydrogen-bond acceptors (Lipinski definition) is 10. The van der Waals surface area contributed by atoms with E-state index in [1.807, 2.05) is 0 Å². The Hall–Kier alpha value is -2.79. The zero-order valence-electron chi connectivity index (χ0n) is 22.6. The molecule has 0 amide bonds. The Morgan fingerprint density at radius 1 is 0.595 bits per heavy atom. The van der Waals surface area contributed by atoms with Gasteiger partial charge in [0.25, 0.3) is 0 Å². The number of esters is 3. The number of halogens is 1. The van der Waals surface area contributed by atoms with Gasteiger partial charge in [-0.2, -0.15) is 0 Å². The number of allylic oxidation sites excluding steroid dienone is 1. The van der Waals surface area contributed by atoms with Gasteiger partial charge in [0.1, 0.15) is 19.8 Å². The van der Waals surface area contributed by atoms with Crippen molar-refractivity contribution in [1.29, 1.82) is 0 Å². The van der Waals surface area contributed by atoms with Gasteiger partial charge in [-0.05, 0) is 46.2 Å². The first kappa shape index (κ1) is 38.7. The molecule has 0 aromatic heterocycles. The van der Waals surface area contributed by atoms with Gasteiger partial charge in [-0.1, -0.05) is 33.2 Å². The highest BCUT2D eigenvalue weighted by Gasteiger charge is 2.31. The molecule has 0 saturated carbocycles. The van der Waals surface area contributed by atoms with Crippen LogP contribution in [0.4, 0.5) is 0 Å². The van der Waals surface area contributed by atoms with Crippen LogP contribution in [0.15, 0.2) is 48.6 Å². The number of carbonyl (C=O) groups excluding carboxylic acids is 4. The minimum Gasteiger partial charge on any atom is -0.461 e. The maximum absolute atomic E-state index is 11.5. The summed E-state index contributed by atoms with van der Waals surface area (Å²) < 4.78 is 15.3. The Bertz CT molecular complexity index is 746. The van der Waals surface area contributed by atoms with Crippen LogP contribution >= 0.6 is 11.6 Å². The van der Waals surface area contributed by atoms with Crippen LogP contribution in [0, 0.1) is 10.8 Å². The summed E-state index contributed by atoms with van der Waals surface area (Å²) in [6.07, 6.45) is 0. The minimum absolute atomic E-state index is 0.106. The van der Waals surface area contributed by atoms with Crippen LogP contribution in [0.25, 0.3) is 0 Å².